The Labute approximate surface area is 162 Å². The van der Waals surface area contributed by atoms with Gasteiger partial charge in [0.2, 0.25) is 5.91 Å². The van der Waals surface area contributed by atoms with Gasteiger partial charge >= 0.3 is 6.03 Å². The Morgan fingerprint density at radius 1 is 1.00 bits per heavy atom. The van der Waals surface area contributed by atoms with E-state index in [9.17, 15) is 18.4 Å². The number of nitrogens with one attached hydrogen (secondary N) is 1. The molecule has 0 unspecified atom stereocenters. The second kappa shape index (κ2) is 8.82. The van der Waals surface area contributed by atoms with Crippen LogP contribution in [0.4, 0.5) is 19.3 Å². The van der Waals surface area contributed by atoms with E-state index in [1.165, 1.54) is 12.1 Å². The molecular weight excluding hydrogens is 364 g/mol. The summed E-state index contributed by atoms with van der Waals surface area (Å²) in [5, 5.41) is 2.86. The molecule has 2 aromatic rings. The lowest BCUT2D eigenvalue weighted by atomic mass is 10.1. The van der Waals surface area contributed by atoms with Crippen molar-refractivity contribution in [3.8, 4) is 0 Å². The Kier molecular flexibility index (Phi) is 6.23. The number of rotatable bonds is 4. The normalized spacial score (nSPS) is 14.1. The number of halogens is 2. The number of carbonyl (C=O) groups excluding carboxylic acids is 2. The lowest BCUT2D eigenvalue weighted by Gasteiger charge is -2.34. The number of hydrogen-bond acceptors (Lipinski definition) is 2. The first-order chi connectivity index (χ1) is 13.4. The van der Waals surface area contributed by atoms with Crippen LogP contribution in [0.3, 0.4) is 0 Å². The molecule has 0 bridgehead atoms. The molecule has 1 aliphatic rings. The molecule has 0 saturated carbocycles. The maximum absolute atomic E-state index is 13.7. The van der Waals surface area contributed by atoms with E-state index < -0.39 is 11.6 Å². The highest BCUT2D eigenvalue weighted by Gasteiger charge is 2.24. The van der Waals surface area contributed by atoms with E-state index in [1.54, 1.807) is 9.80 Å². The summed E-state index contributed by atoms with van der Waals surface area (Å²) >= 11 is 0. The second-order valence-corrected chi connectivity index (χ2v) is 6.88. The predicted molar refractivity (Wildman–Crippen MR) is 103 cm³/mol. The third kappa shape index (κ3) is 4.85. The zero-order chi connectivity index (χ0) is 20.1. The third-order valence-electron chi connectivity index (χ3n) is 4.83. The fourth-order valence-electron chi connectivity index (χ4n) is 3.23. The van der Waals surface area contributed by atoms with Crippen molar-refractivity contribution < 1.29 is 18.4 Å². The first kappa shape index (κ1) is 19.8. The lowest BCUT2D eigenvalue weighted by Crippen LogP contribution is -2.51. The summed E-state index contributed by atoms with van der Waals surface area (Å²) in [7, 11) is 0. The van der Waals surface area contributed by atoms with E-state index in [2.05, 4.69) is 5.32 Å². The third-order valence-corrected chi connectivity index (χ3v) is 4.83. The van der Waals surface area contributed by atoms with Crippen LogP contribution in [0, 0.1) is 18.6 Å². The zero-order valence-electron chi connectivity index (χ0n) is 15.8. The van der Waals surface area contributed by atoms with Gasteiger partial charge in [-0.05, 0) is 42.7 Å². The Balaban J connectivity index is 1.47. The van der Waals surface area contributed by atoms with E-state index in [0.29, 0.717) is 26.2 Å². The summed E-state index contributed by atoms with van der Waals surface area (Å²) in [5.41, 5.74) is 1.99. The number of nitrogens with zero attached hydrogens (tertiary/aromatic N) is 2. The van der Waals surface area contributed by atoms with Crippen molar-refractivity contribution >= 4 is 17.6 Å². The van der Waals surface area contributed by atoms with Crippen LogP contribution in [-0.2, 0) is 11.2 Å². The van der Waals surface area contributed by atoms with Crippen LogP contribution >= 0.6 is 0 Å². The van der Waals surface area contributed by atoms with E-state index in [-0.39, 0.29) is 30.3 Å². The van der Waals surface area contributed by atoms with E-state index >= 15 is 0 Å². The van der Waals surface area contributed by atoms with Crippen LogP contribution in [0.2, 0.25) is 0 Å². The Bertz CT molecular complexity index is 864. The number of benzene rings is 2. The van der Waals surface area contributed by atoms with Crippen molar-refractivity contribution in [3.63, 3.8) is 0 Å². The lowest BCUT2D eigenvalue weighted by molar-refractivity contribution is -0.132. The average molecular weight is 387 g/mol. The monoisotopic (exact) mass is 387 g/mol. The van der Waals surface area contributed by atoms with Gasteiger partial charge in [0, 0.05) is 38.3 Å². The molecule has 0 atom stereocenters. The predicted octanol–water partition coefficient (Wildman–Crippen LogP) is 3.58. The molecule has 7 heteroatoms. The number of carbonyl (C=O) groups is 2. The topological polar surface area (TPSA) is 52.7 Å². The van der Waals surface area contributed by atoms with Crippen molar-refractivity contribution in [2.75, 3.05) is 31.5 Å². The van der Waals surface area contributed by atoms with Gasteiger partial charge in [-0.2, -0.15) is 0 Å². The summed E-state index contributed by atoms with van der Waals surface area (Å²) in [6.07, 6.45) is 0.256. The van der Waals surface area contributed by atoms with Gasteiger partial charge in [-0.1, -0.05) is 24.3 Å². The van der Waals surface area contributed by atoms with Gasteiger partial charge in [0.25, 0.3) is 0 Å². The molecular formula is C21H23F2N3O2. The zero-order valence-corrected chi connectivity index (χ0v) is 15.8. The van der Waals surface area contributed by atoms with Crippen molar-refractivity contribution in [1.29, 1.82) is 0 Å². The Hall–Kier alpha value is -2.96. The van der Waals surface area contributed by atoms with E-state index in [4.69, 9.17) is 0 Å². The number of hydrogen-bond donors (Lipinski definition) is 1. The van der Waals surface area contributed by atoms with Crippen molar-refractivity contribution in [3.05, 3.63) is 65.2 Å². The molecule has 1 saturated heterocycles. The fraction of sp³-hybridized carbons (Fsp3) is 0.333. The molecule has 1 fully saturated rings. The number of anilines is 1. The highest BCUT2D eigenvalue weighted by molar-refractivity contribution is 5.89. The largest absolute Gasteiger partial charge is 0.339 e. The number of aryl methyl sites for hydroxylation is 2. The van der Waals surface area contributed by atoms with E-state index in [0.717, 1.165) is 17.3 Å². The maximum Gasteiger partial charge on any atom is 0.321 e. The van der Waals surface area contributed by atoms with Gasteiger partial charge in [0.1, 0.15) is 0 Å². The van der Waals surface area contributed by atoms with Crippen LogP contribution in [0.25, 0.3) is 0 Å². The van der Waals surface area contributed by atoms with Crippen LogP contribution in [0.15, 0.2) is 42.5 Å². The second-order valence-electron chi connectivity index (χ2n) is 6.88. The van der Waals surface area contributed by atoms with E-state index in [1.807, 2.05) is 31.2 Å². The van der Waals surface area contributed by atoms with Crippen LogP contribution in [0.1, 0.15) is 17.5 Å². The summed E-state index contributed by atoms with van der Waals surface area (Å²) in [6.45, 7) is 3.66. The summed E-state index contributed by atoms with van der Waals surface area (Å²) in [4.78, 5) is 28.1. The molecule has 0 aromatic heterocycles. The van der Waals surface area contributed by atoms with Gasteiger partial charge in [0.05, 0.1) is 0 Å². The summed E-state index contributed by atoms with van der Waals surface area (Å²) < 4.78 is 26.9. The molecule has 5 nitrogen and oxygen atoms in total. The smallest absolute Gasteiger partial charge is 0.321 e. The summed E-state index contributed by atoms with van der Waals surface area (Å²) in [6, 6.07) is 11.3. The first-order valence-corrected chi connectivity index (χ1v) is 9.27. The van der Waals surface area contributed by atoms with Crippen molar-refractivity contribution in [2.24, 2.45) is 0 Å². The number of urea groups is 1. The highest BCUT2D eigenvalue weighted by Crippen LogP contribution is 2.15. The van der Waals surface area contributed by atoms with Gasteiger partial charge in [0.15, 0.2) is 11.6 Å². The SMILES string of the molecule is Cc1cccc(NC(=O)N2CCN(C(=O)CCc3cccc(F)c3F)CC2)c1. The molecule has 0 radical (unpaired) electrons. The van der Waals surface area contributed by atoms with Crippen LogP contribution < -0.4 is 5.32 Å². The summed E-state index contributed by atoms with van der Waals surface area (Å²) in [5.74, 6) is -1.92. The molecule has 148 valence electrons. The molecule has 3 amide bonds. The Morgan fingerprint density at radius 3 is 2.39 bits per heavy atom. The number of piperazine rings is 1. The minimum absolute atomic E-state index is 0.107. The Morgan fingerprint density at radius 2 is 1.68 bits per heavy atom. The average Bonchev–Trinajstić information content (AvgIpc) is 2.69. The van der Waals surface area contributed by atoms with Gasteiger partial charge in [-0.3, -0.25) is 4.79 Å². The molecule has 3 rings (SSSR count). The standard InChI is InChI=1S/C21H23F2N3O2/c1-15-4-2-6-17(14-15)24-21(28)26-12-10-25(11-13-26)19(27)9-8-16-5-3-7-18(22)20(16)23/h2-7,14H,8-13H2,1H3,(H,24,28). The number of amides is 3. The van der Waals surface area contributed by atoms with Gasteiger partial charge in [-0.15, -0.1) is 0 Å². The molecule has 1 N–H and O–H groups in total. The molecule has 1 aliphatic heterocycles. The highest BCUT2D eigenvalue weighted by atomic mass is 19.2. The fourth-order valence-corrected chi connectivity index (χ4v) is 3.23. The molecule has 28 heavy (non-hydrogen) atoms. The minimum atomic E-state index is -0.904. The van der Waals surface area contributed by atoms with Gasteiger partial charge in [-0.25, -0.2) is 13.6 Å². The quantitative estimate of drug-likeness (QED) is 0.872. The molecule has 0 spiro atoms. The van der Waals surface area contributed by atoms with Crippen molar-refractivity contribution in [1.82, 2.24) is 9.80 Å². The van der Waals surface area contributed by atoms with Gasteiger partial charge < -0.3 is 15.1 Å². The van der Waals surface area contributed by atoms with Crippen LogP contribution in [0.5, 0.6) is 0 Å². The minimum Gasteiger partial charge on any atom is -0.339 e. The molecule has 0 aliphatic carbocycles. The first-order valence-electron chi connectivity index (χ1n) is 9.27. The van der Waals surface area contributed by atoms with Crippen molar-refractivity contribution in [2.45, 2.75) is 19.8 Å². The molecule has 1 heterocycles. The molecule has 2 aromatic carbocycles. The van der Waals surface area contributed by atoms with Crippen LogP contribution in [-0.4, -0.2) is 47.9 Å². The maximum atomic E-state index is 13.7.